The van der Waals surface area contributed by atoms with Gasteiger partial charge in [-0.3, -0.25) is 4.79 Å². The number of aryl methyl sites for hydroxylation is 1. The molecule has 0 amide bonds. The summed E-state index contributed by atoms with van der Waals surface area (Å²) in [7, 11) is 0. The molecule has 0 saturated carbocycles. The first-order chi connectivity index (χ1) is 6.72. The molecule has 0 aliphatic carbocycles. The van der Waals surface area contributed by atoms with E-state index in [1.807, 2.05) is 19.1 Å². The molecule has 0 atom stereocenters. The van der Waals surface area contributed by atoms with Gasteiger partial charge in [0.2, 0.25) is 0 Å². The largest absolute Gasteiger partial charge is 0.427 e. The van der Waals surface area contributed by atoms with E-state index in [-0.39, 0.29) is 5.97 Å². The van der Waals surface area contributed by atoms with Crippen molar-refractivity contribution in [1.29, 1.82) is 0 Å². The Labute approximate surface area is 84.2 Å². The summed E-state index contributed by atoms with van der Waals surface area (Å²) in [5.74, 6) is 0.387. The highest BCUT2D eigenvalue weighted by molar-refractivity contribution is 5.72. The number of hydrogen-bond acceptors (Lipinski definition) is 2. The van der Waals surface area contributed by atoms with Crippen LogP contribution in [0.5, 0.6) is 5.75 Å². The Bertz CT molecular complexity index is 312. The van der Waals surface area contributed by atoms with Crippen molar-refractivity contribution in [2.45, 2.75) is 19.8 Å². The number of allylic oxidation sites excluding steroid dienone is 1. The molecule has 0 heterocycles. The third kappa shape index (κ3) is 3.44. The maximum Gasteiger partial charge on any atom is 0.311 e. The molecule has 0 radical (unpaired) electrons. The molecular formula is C12H14O2. The van der Waals surface area contributed by atoms with E-state index >= 15 is 0 Å². The van der Waals surface area contributed by atoms with Crippen molar-refractivity contribution in [2.75, 3.05) is 0 Å². The lowest BCUT2D eigenvalue weighted by Crippen LogP contribution is -2.06. The fourth-order valence-corrected chi connectivity index (χ4v) is 1.01. The predicted octanol–water partition coefficient (Wildman–Crippen LogP) is 2.87. The number of carbonyl (C=O) groups is 1. The van der Waals surface area contributed by atoms with Gasteiger partial charge in [-0.2, -0.15) is 0 Å². The van der Waals surface area contributed by atoms with E-state index in [0.717, 1.165) is 5.56 Å². The Morgan fingerprint density at radius 2 is 2.07 bits per heavy atom. The van der Waals surface area contributed by atoms with Crippen molar-refractivity contribution in [1.82, 2.24) is 0 Å². The van der Waals surface area contributed by atoms with E-state index in [9.17, 15) is 4.79 Å². The van der Waals surface area contributed by atoms with Crippen LogP contribution in [0.4, 0.5) is 0 Å². The predicted molar refractivity (Wildman–Crippen MR) is 56.2 cm³/mol. The molecule has 14 heavy (non-hydrogen) atoms. The first-order valence-electron chi connectivity index (χ1n) is 4.60. The number of benzene rings is 1. The lowest BCUT2D eigenvalue weighted by atomic mass is 10.2. The average Bonchev–Trinajstić information content (AvgIpc) is 2.18. The molecule has 0 aliphatic heterocycles. The highest BCUT2D eigenvalue weighted by atomic mass is 16.5. The van der Waals surface area contributed by atoms with E-state index in [1.54, 1.807) is 18.2 Å². The molecule has 1 aromatic rings. The van der Waals surface area contributed by atoms with Gasteiger partial charge >= 0.3 is 5.97 Å². The Morgan fingerprint density at radius 3 is 2.64 bits per heavy atom. The second kappa shape index (κ2) is 5.22. The van der Waals surface area contributed by atoms with Gasteiger partial charge in [0.15, 0.2) is 0 Å². The van der Waals surface area contributed by atoms with Crippen molar-refractivity contribution in [3.05, 3.63) is 42.5 Å². The Kier molecular flexibility index (Phi) is 3.92. The van der Waals surface area contributed by atoms with Crippen molar-refractivity contribution in [2.24, 2.45) is 0 Å². The van der Waals surface area contributed by atoms with Gasteiger partial charge in [-0.1, -0.05) is 23.8 Å². The molecule has 1 aromatic carbocycles. The molecule has 74 valence electrons. The van der Waals surface area contributed by atoms with E-state index in [0.29, 0.717) is 18.6 Å². The van der Waals surface area contributed by atoms with Crippen molar-refractivity contribution in [3.8, 4) is 5.75 Å². The summed E-state index contributed by atoms with van der Waals surface area (Å²) in [6.45, 7) is 5.53. The number of ether oxygens (including phenoxy) is 1. The topological polar surface area (TPSA) is 26.3 Å². The minimum absolute atomic E-state index is 0.214. The maximum atomic E-state index is 11.2. The summed E-state index contributed by atoms with van der Waals surface area (Å²) < 4.78 is 5.08. The van der Waals surface area contributed by atoms with Gasteiger partial charge in [0.1, 0.15) is 5.75 Å². The van der Waals surface area contributed by atoms with E-state index in [2.05, 4.69) is 6.58 Å². The second-order valence-corrected chi connectivity index (χ2v) is 3.11. The van der Waals surface area contributed by atoms with Crippen LogP contribution in [0.3, 0.4) is 0 Å². The number of rotatable bonds is 4. The van der Waals surface area contributed by atoms with Crippen LogP contribution in [0.15, 0.2) is 36.9 Å². The van der Waals surface area contributed by atoms with Crippen molar-refractivity contribution >= 4 is 5.97 Å². The fraction of sp³-hybridized carbons (Fsp3) is 0.250. The highest BCUT2D eigenvalue weighted by Crippen LogP contribution is 2.12. The smallest absolute Gasteiger partial charge is 0.311 e. The Hall–Kier alpha value is -1.57. The fourth-order valence-electron chi connectivity index (χ4n) is 1.01. The third-order valence-electron chi connectivity index (χ3n) is 1.81. The minimum atomic E-state index is -0.214. The van der Waals surface area contributed by atoms with Crippen LogP contribution in [-0.4, -0.2) is 5.97 Å². The van der Waals surface area contributed by atoms with Crippen LogP contribution >= 0.6 is 0 Å². The number of esters is 1. The first-order valence-corrected chi connectivity index (χ1v) is 4.60. The molecular weight excluding hydrogens is 176 g/mol. The standard InChI is InChI=1S/C12H14O2/c1-3-4-5-12(13)14-11-8-6-10(2)7-9-11/h3,6-9H,1,4-5H2,2H3. The normalized spacial score (nSPS) is 9.50. The van der Waals surface area contributed by atoms with Gasteiger partial charge in [-0.05, 0) is 25.5 Å². The SMILES string of the molecule is C=CCCC(=O)Oc1ccc(C)cc1. The highest BCUT2D eigenvalue weighted by Gasteiger charge is 2.02. The maximum absolute atomic E-state index is 11.2. The van der Waals surface area contributed by atoms with Gasteiger partial charge < -0.3 is 4.74 Å². The summed E-state index contributed by atoms with van der Waals surface area (Å²) >= 11 is 0. The summed E-state index contributed by atoms with van der Waals surface area (Å²) in [4.78, 5) is 11.2. The van der Waals surface area contributed by atoms with Gasteiger partial charge in [0.05, 0.1) is 0 Å². The lowest BCUT2D eigenvalue weighted by molar-refractivity contribution is -0.134. The second-order valence-electron chi connectivity index (χ2n) is 3.11. The molecule has 0 unspecified atom stereocenters. The zero-order valence-electron chi connectivity index (χ0n) is 8.32. The van der Waals surface area contributed by atoms with Crippen molar-refractivity contribution < 1.29 is 9.53 Å². The third-order valence-corrected chi connectivity index (χ3v) is 1.81. The molecule has 2 heteroatoms. The van der Waals surface area contributed by atoms with Crippen LogP contribution in [0.1, 0.15) is 18.4 Å². The minimum Gasteiger partial charge on any atom is -0.427 e. The van der Waals surface area contributed by atoms with Crippen LogP contribution in [0.25, 0.3) is 0 Å². The zero-order valence-corrected chi connectivity index (χ0v) is 8.32. The summed E-state index contributed by atoms with van der Waals surface area (Å²) in [6.07, 6.45) is 2.75. The molecule has 0 aliphatic rings. The molecule has 0 N–H and O–H groups in total. The van der Waals surface area contributed by atoms with Crippen LogP contribution in [-0.2, 0) is 4.79 Å². The molecule has 2 nitrogen and oxygen atoms in total. The van der Waals surface area contributed by atoms with Gasteiger partial charge in [0, 0.05) is 6.42 Å². The quantitative estimate of drug-likeness (QED) is 0.414. The molecule has 0 spiro atoms. The number of hydrogen-bond donors (Lipinski definition) is 0. The molecule has 0 fully saturated rings. The van der Waals surface area contributed by atoms with Crippen LogP contribution < -0.4 is 4.74 Å². The van der Waals surface area contributed by atoms with Crippen molar-refractivity contribution in [3.63, 3.8) is 0 Å². The molecule has 0 bridgehead atoms. The van der Waals surface area contributed by atoms with Gasteiger partial charge in [-0.25, -0.2) is 0 Å². The summed E-state index contributed by atoms with van der Waals surface area (Å²) in [5, 5.41) is 0. The monoisotopic (exact) mass is 190 g/mol. The average molecular weight is 190 g/mol. The van der Waals surface area contributed by atoms with Crippen LogP contribution in [0.2, 0.25) is 0 Å². The van der Waals surface area contributed by atoms with Crippen LogP contribution in [0, 0.1) is 6.92 Å². The Balaban J connectivity index is 2.47. The summed E-state index contributed by atoms with van der Waals surface area (Å²) in [5.41, 5.74) is 1.15. The molecule has 0 aromatic heterocycles. The number of carbonyl (C=O) groups excluding carboxylic acids is 1. The first kappa shape index (κ1) is 10.5. The molecule has 1 rings (SSSR count). The Morgan fingerprint density at radius 1 is 1.43 bits per heavy atom. The zero-order chi connectivity index (χ0) is 10.4. The van der Waals surface area contributed by atoms with Gasteiger partial charge in [0.25, 0.3) is 0 Å². The van der Waals surface area contributed by atoms with E-state index < -0.39 is 0 Å². The van der Waals surface area contributed by atoms with E-state index in [1.165, 1.54) is 0 Å². The lowest BCUT2D eigenvalue weighted by Gasteiger charge is -2.02. The molecule has 0 saturated heterocycles. The van der Waals surface area contributed by atoms with E-state index in [4.69, 9.17) is 4.74 Å². The van der Waals surface area contributed by atoms with Gasteiger partial charge in [-0.15, -0.1) is 6.58 Å². The summed E-state index contributed by atoms with van der Waals surface area (Å²) in [6, 6.07) is 7.41.